The summed E-state index contributed by atoms with van der Waals surface area (Å²) in [6, 6.07) is 3.22. The van der Waals surface area contributed by atoms with E-state index in [2.05, 4.69) is 4.98 Å². The number of aromatic nitrogens is 1. The molecule has 3 nitrogen and oxygen atoms in total. The molecule has 5 heteroatoms. The van der Waals surface area contributed by atoms with Crippen LogP contribution in [0.1, 0.15) is 0 Å². The van der Waals surface area contributed by atoms with E-state index >= 15 is 0 Å². The van der Waals surface area contributed by atoms with Gasteiger partial charge in [0.05, 0.1) is 5.03 Å². The maximum atomic E-state index is 8.76. The third kappa shape index (κ3) is 2.22. The zero-order valence-corrected chi connectivity index (χ0v) is 6.88. The van der Waals surface area contributed by atoms with E-state index in [1.807, 2.05) is 6.26 Å². The Morgan fingerprint density at radius 3 is 2.82 bits per heavy atom. The van der Waals surface area contributed by atoms with Gasteiger partial charge in [-0.2, -0.15) is 0 Å². The van der Waals surface area contributed by atoms with Gasteiger partial charge in [-0.15, -0.1) is 11.8 Å². The van der Waals surface area contributed by atoms with Gasteiger partial charge in [0.25, 0.3) is 0 Å². The molecule has 58 valence electrons. The van der Waals surface area contributed by atoms with Crippen molar-refractivity contribution in [2.45, 2.75) is 5.03 Å². The highest BCUT2D eigenvalue weighted by Gasteiger charge is 2.10. The first-order chi connectivity index (χ1) is 5.24. The minimum absolute atomic E-state index is 0.476. The van der Waals surface area contributed by atoms with E-state index in [0.29, 0.717) is 5.46 Å². The van der Waals surface area contributed by atoms with E-state index in [9.17, 15) is 0 Å². The Hall–Kier alpha value is -0.515. The number of rotatable bonds is 2. The predicted molar refractivity (Wildman–Crippen MR) is 45.8 cm³/mol. The van der Waals surface area contributed by atoms with E-state index in [1.54, 1.807) is 18.3 Å². The summed E-state index contributed by atoms with van der Waals surface area (Å²) in [4.78, 5) is 3.98. The lowest BCUT2D eigenvalue weighted by Crippen LogP contribution is -2.29. The zero-order chi connectivity index (χ0) is 8.27. The molecular formula is C6H8BNO2S. The van der Waals surface area contributed by atoms with Crippen LogP contribution in [0.15, 0.2) is 23.4 Å². The summed E-state index contributed by atoms with van der Waals surface area (Å²) >= 11 is 1.47. The van der Waals surface area contributed by atoms with Gasteiger partial charge in [-0.25, -0.2) is 0 Å². The first-order valence-corrected chi connectivity index (χ1v) is 4.32. The fourth-order valence-corrected chi connectivity index (χ4v) is 1.12. The van der Waals surface area contributed by atoms with E-state index in [-0.39, 0.29) is 0 Å². The summed E-state index contributed by atoms with van der Waals surface area (Å²) in [5, 5.41) is 18.3. The first-order valence-electron chi connectivity index (χ1n) is 3.10. The van der Waals surface area contributed by atoms with Crippen molar-refractivity contribution in [2.75, 3.05) is 6.26 Å². The summed E-state index contributed by atoms with van der Waals surface area (Å²) < 4.78 is 0. The molecule has 0 aliphatic rings. The number of nitrogens with zero attached hydrogens (tertiary/aromatic N) is 1. The molecule has 1 rings (SSSR count). The van der Waals surface area contributed by atoms with Crippen LogP contribution >= 0.6 is 11.8 Å². The summed E-state index contributed by atoms with van der Waals surface area (Å²) in [6.45, 7) is 0. The van der Waals surface area contributed by atoms with Gasteiger partial charge in [0.15, 0.2) is 0 Å². The van der Waals surface area contributed by atoms with Crippen molar-refractivity contribution in [3.8, 4) is 0 Å². The van der Waals surface area contributed by atoms with Crippen molar-refractivity contribution < 1.29 is 10.0 Å². The number of thioether (sulfide) groups is 1. The van der Waals surface area contributed by atoms with Crippen LogP contribution < -0.4 is 5.46 Å². The highest BCUT2D eigenvalue weighted by atomic mass is 32.2. The molecule has 0 saturated carbocycles. The van der Waals surface area contributed by atoms with Gasteiger partial charge in [0.1, 0.15) is 0 Å². The molecule has 0 fully saturated rings. The molecule has 0 radical (unpaired) electrons. The summed E-state index contributed by atoms with van der Waals surface area (Å²) in [5.41, 5.74) is 0.476. The number of hydrogen-bond acceptors (Lipinski definition) is 4. The van der Waals surface area contributed by atoms with Crippen LogP contribution in [-0.4, -0.2) is 28.4 Å². The Bertz CT molecular complexity index is 244. The fraction of sp³-hybridized carbons (Fsp3) is 0.167. The van der Waals surface area contributed by atoms with Crippen molar-refractivity contribution in [3.05, 3.63) is 18.3 Å². The second kappa shape index (κ2) is 3.76. The Kier molecular flexibility index (Phi) is 2.93. The second-order valence-electron chi connectivity index (χ2n) is 2.01. The Balaban J connectivity index is 2.91. The normalized spacial score (nSPS) is 9.73. The lowest BCUT2D eigenvalue weighted by Gasteiger charge is -1.99. The van der Waals surface area contributed by atoms with Crippen LogP contribution in [0.25, 0.3) is 0 Å². The highest BCUT2D eigenvalue weighted by molar-refractivity contribution is 7.98. The van der Waals surface area contributed by atoms with Gasteiger partial charge < -0.3 is 10.0 Å². The highest BCUT2D eigenvalue weighted by Crippen LogP contribution is 2.07. The predicted octanol–water partition coefficient (Wildman–Crippen LogP) is -0.517. The Labute approximate surface area is 69.6 Å². The molecule has 0 aliphatic heterocycles. The standard InChI is InChI=1S/C6H8BNO2S/c1-11-6-4-5(7(9)10)2-3-8-6/h2-4,9-10H,1H3. The van der Waals surface area contributed by atoms with Crippen molar-refractivity contribution in [3.63, 3.8) is 0 Å². The average molecular weight is 169 g/mol. The van der Waals surface area contributed by atoms with Crippen LogP contribution in [0, 0.1) is 0 Å². The van der Waals surface area contributed by atoms with Gasteiger partial charge in [0.2, 0.25) is 0 Å². The molecule has 0 amide bonds. The lowest BCUT2D eigenvalue weighted by molar-refractivity contribution is 0.425. The second-order valence-corrected chi connectivity index (χ2v) is 2.83. The maximum absolute atomic E-state index is 8.76. The van der Waals surface area contributed by atoms with Crippen LogP contribution in [-0.2, 0) is 0 Å². The van der Waals surface area contributed by atoms with Gasteiger partial charge in [-0.3, -0.25) is 4.98 Å². The molecule has 1 heterocycles. The van der Waals surface area contributed by atoms with Gasteiger partial charge >= 0.3 is 7.12 Å². The molecule has 0 aromatic carbocycles. The lowest BCUT2D eigenvalue weighted by atomic mass is 9.81. The van der Waals surface area contributed by atoms with E-state index in [1.165, 1.54) is 11.8 Å². The van der Waals surface area contributed by atoms with Gasteiger partial charge in [-0.1, -0.05) is 0 Å². The minimum atomic E-state index is -1.40. The topological polar surface area (TPSA) is 53.4 Å². The quantitative estimate of drug-likeness (QED) is 0.462. The summed E-state index contributed by atoms with van der Waals surface area (Å²) in [5.74, 6) is 0. The van der Waals surface area contributed by atoms with Crippen LogP contribution in [0.5, 0.6) is 0 Å². The van der Waals surface area contributed by atoms with Crippen molar-refractivity contribution >= 4 is 24.3 Å². The zero-order valence-electron chi connectivity index (χ0n) is 6.06. The molecule has 0 atom stereocenters. The van der Waals surface area contributed by atoms with E-state index in [4.69, 9.17) is 10.0 Å². The SMILES string of the molecule is CSc1cc(B(O)O)ccn1. The molecule has 0 spiro atoms. The Morgan fingerprint density at radius 1 is 1.55 bits per heavy atom. The number of pyridine rings is 1. The van der Waals surface area contributed by atoms with Crippen LogP contribution in [0.3, 0.4) is 0 Å². The monoisotopic (exact) mass is 169 g/mol. The van der Waals surface area contributed by atoms with Crippen LogP contribution in [0.4, 0.5) is 0 Å². The Morgan fingerprint density at radius 2 is 2.27 bits per heavy atom. The van der Waals surface area contributed by atoms with Crippen molar-refractivity contribution in [1.29, 1.82) is 0 Å². The molecule has 0 saturated heterocycles. The average Bonchev–Trinajstić information content (AvgIpc) is 2.05. The molecule has 0 bridgehead atoms. The smallest absolute Gasteiger partial charge is 0.423 e. The van der Waals surface area contributed by atoms with Crippen LogP contribution in [0.2, 0.25) is 0 Å². The molecule has 2 N–H and O–H groups in total. The molecule has 0 aliphatic carbocycles. The van der Waals surface area contributed by atoms with Gasteiger partial charge in [-0.05, 0) is 23.9 Å². The third-order valence-electron chi connectivity index (χ3n) is 1.27. The summed E-state index contributed by atoms with van der Waals surface area (Å²) in [7, 11) is -1.40. The molecule has 0 unspecified atom stereocenters. The largest absolute Gasteiger partial charge is 0.488 e. The molecule has 11 heavy (non-hydrogen) atoms. The van der Waals surface area contributed by atoms with Gasteiger partial charge in [0, 0.05) is 6.20 Å². The fourth-order valence-electron chi connectivity index (χ4n) is 0.697. The minimum Gasteiger partial charge on any atom is -0.423 e. The van der Waals surface area contributed by atoms with E-state index in [0.717, 1.165) is 5.03 Å². The first kappa shape index (κ1) is 8.58. The maximum Gasteiger partial charge on any atom is 0.488 e. The third-order valence-corrected chi connectivity index (χ3v) is 1.91. The number of hydrogen-bond donors (Lipinski definition) is 2. The molecular weight excluding hydrogens is 161 g/mol. The molecule has 1 aromatic heterocycles. The van der Waals surface area contributed by atoms with Crippen molar-refractivity contribution in [1.82, 2.24) is 4.98 Å². The van der Waals surface area contributed by atoms with Crippen molar-refractivity contribution in [2.24, 2.45) is 0 Å². The summed E-state index contributed by atoms with van der Waals surface area (Å²) in [6.07, 6.45) is 3.44. The molecule has 1 aromatic rings. The van der Waals surface area contributed by atoms with E-state index < -0.39 is 7.12 Å².